The van der Waals surface area contributed by atoms with Crippen LogP contribution in [0.3, 0.4) is 0 Å². The molecule has 0 spiro atoms. The number of likely N-dealkylation sites (N-methyl/N-ethyl adjacent to an activating group) is 1. The number of hydrogen-bond acceptors (Lipinski definition) is 4. The molecule has 3 atom stereocenters. The van der Waals surface area contributed by atoms with E-state index in [4.69, 9.17) is 0 Å². The Morgan fingerprint density at radius 2 is 2.45 bits per heavy atom. The van der Waals surface area contributed by atoms with E-state index < -0.39 is 0 Å². The summed E-state index contributed by atoms with van der Waals surface area (Å²) in [4.78, 5) is 18.3. The smallest absolute Gasteiger partial charge is 0.317 e. The van der Waals surface area contributed by atoms with Gasteiger partial charge in [-0.3, -0.25) is 0 Å². The lowest BCUT2D eigenvalue weighted by molar-refractivity contribution is 0.202. The van der Waals surface area contributed by atoms with Crippen molar-refractivity contribution >= 4 is 29.1 Å². The molecule has 0 unspecified atom stereocenters. The lowest BCUT2D eigenvalue weighted by Crippen LogP contribution is -2.43. The molecule has 1 N–H and O–H groups in total. The normalized spacial score (nSPS) is 23.6. The van der Waals surface area contributed by atoms with Crippen molar-refractivity contribution in [2.24, 2.45) is 0 Å². The fraction of sp³-hybridized carbons (Fsp3) is 0.714. The van der Waals surface area contributed by atoms with E-state index in [1.54, 1.807) is 16.2 Å². The number of carbonyl (C=O) groups excluding carboxylic acids is 1. The van der Waals surface area contributed by atoms with Gasteiger partial charge >= 0.3 is 6.03 Å². The highest BCUT2D eigenvalue weighted by Gasteiger charge is 2.26. The highest BCUT2D eigenvalue weighted by Crippen LogP contribution is 2.28. The summed E-state index contributed by atoms with van der Waals surface area (Å²) in [5.74, 6) is 0.285. The minimum Gasteiger partial charge on any atom is -0.335 e. The predicted octanol–water partition coefficient (Wildman–Crippen LogP) is 3.17. The molecular formula is C14H23N3OS2. The van der Waals surface area contributed by atoms with Crippen molar-refractivity contribution < 1.29 is 4.79 Å². The second kappa shape index (κ2) is 7.31. The minimum absolute atomic E-state index is 0.0418. The Hall–Kier alpha value is -0.750. The summed E-state index contributed by atoms with van der Waals surface area (Å²) in [5.41, 5.74) is 0. The molecule has 0 saturated heterocycles. The van der Waals surface area contributed by atoms with Gasteiger partial charge in [0.05, 0.1) is 5.01 Å². The van der Waals surface area contributed by atoms with Gasteiger partial charge in [0.15, 0.2) is 0 Å². The molecular weight excluding hydrogens is 290 g/mol. The Bertz CT molecular complexity index is 424. The topological polar surface area (TPSA) is 45.2 Å². The second-order valence-corrected chi connectivity index (χ2v) is 7.53. The van der Waals surface area contributed by atoms with Gasteiger partial charge in [-0.15, -0.1) is 11.3 Å². The third-order valence-electron chi connectivity index (χ3n) is 3.81. The lowest BCUT2D eigenvalue weighted by atomic mass is 10.2. The molecule has 1 aliphatic carbocycles. The number of carbonyl (C=O) groups is 1. The number of amides is 2. The number of aromatic nitrogens is 1. The van der Waals surface area contributed by atoms with Gasteiger partial charge in [0.1, 0.15) is 0 Å². The average Bonchev–Trinajstić information content (AvgIpc) is 3.09. The van der Waals surface area contributed by atoms with Gasteiger partial charge in [-0.2, -0.15) is 11.8 Å². The molecule has 6 heteroatoms. The van der Waals surface area contributed by atoms with E-state index in [9.17, 15) is 4.79 Å². The first kappa shape index (κ1) is 15.6. The monoisotopic (exact) mass is 313 g/mol. The summed E-state index contributed by atoms with van der Waals surface area (Å²) in [6.07, 6.45) is 7.38. The maximum atomic E-state index is 12.2. The first-order valence-corrected chi connectivity index (χ1v) is 9.20. The molecule has 0 radical (unpaired) electrons. The zero-order chi connectivity index (χ0) is 14.5. The van der Waals surface area contributed by atoms with Crippen LogP contribution in [0.2, 0.25) is 0 Å². The van der Waals surface area contributed by atoms with Gasteiger partial charge in [-0.1, -0.05) is 6.92 Å². The van der Waals surface area contributed by atoms with E-state index in [2.05, 4.69) is 23.5 Å². The molecule has 1 fully saturated rings. The van der Waals surface area contributed by atoms with Crippen LogP contribution in [-0.2, 0) is 0 Å². The highest BCUT2D eigenvalue weighted by molar-refractivity contribution is 7.99. The van der Waals surface area contributed by atoms with Crippen molar-refractivity contribution in [3.8, 4) is 0 Å². The third kappa shape index (κ3) is 4.12. The Labute approximate surface area is 129 Å². The summed E-state index contributed by atoms with van der Waals surface area (Å²) < 4.78 is 0. The van der Waals surface area contributed by atoms with E-state index in [1.807, 2.05) is 30.4 Å². The highest BCUT2D eigenvalue weighted by atomic mass is 32.2. The van der Waals surface area contributed by atoms with Crippen LogP contribution in [-0.4, -0.2) is 47.1 Å². The first-order chi connectivity index (χ1) is 9.60. The van der Waals surface area contributed by atoms with Crippen molar-refractivity contribution in [3.05, 3.63) is 16.6 Å². The molecule has 112 valence electrons. The van der Waals surface area contributed by atoms with Crippen molar-refractivity contribution in [1.82, 2.24) is 15.2 Å². The average molecular weight is 313 g/mol. The van der Waals surface area contributed by atoms with Gasteiger partial charge in [-0.05, 0) is 25.5 Å². The Morgan fingerprint density at radius 3 is 3.05 bits per heavy atom. The molecule has 0 bridgehead atoms. The summed E-state index contributed by atoms with van der Waals surface area (Å²) in [6, 6.07) is 0.387. The number of nitrogens with zero attached hydrogens (tertiary/aromatic N) is 2. The van der Waals surface area contributed by atoms with Gasteiger partial charge in [0.2, 0.25) is 0 Å². The molecule has 4 nitrogen and oxygen atoms in total. The molecule has 1 aromatic heterocycles. The minimum atomic E-state index is 0.0418. The second-order valence-electron chi connectivity index (χ2n) is 5.47. The molecule has 0 aromatic carbocycles. The Balaban J connectivity index is 1.77. The lowest BCUT2D eigenvalue weighted by Gasteiger charge is -2.23. The van der Waals surface area contributed by atoms with E-state index in [1.165, 1.54) is 6.42 Å². The molecule has 0 aliphatic heterocycles. The van der Waals surface area contributed by atoms with Crippen LogP contribution in [0, 0.1) is 0 Å². The predicted molar refractivity (Wildman–Crippen MR) is 86.6 cm³/mol. The molecule has 1 heterocycles. The van der Waals surface area contributed by atoms with E-state index in [-0.39, 0.29) is 11.9 Å². The van der Waals surface area contributed by atoms with Crippen LogP contribution in [0.5, 0.6) is 0 Å². The van der Waals surface area contributed by atoms with Crippen molar-refractivity contribution in [2.45, 2.75) is 43.4 Å². The SMILES string of the molecule is CS[C@@H]1CC[C@@H](NC(=O)N(C)C[C@H](C)c2nccs2)C1. The van der Waals surface area contributed by atoms with Gasteiger partial charge in [0, 0.05) is 42.4 Å². The van der Waals surface area contributed by atoms with Gasteiger partial charge in [-0.25, -0.2) is 9.78 Å². The maximum absolute atomic E-state index is 12.2. The van der Waals surface area contributed by atoms with Crippen molar-refractivity contribution in [3.63, 3.8) is 0 Å². The molecule has 1 saturated carbocycles. The molecule has 2 rings (SSSR count). The quantitative estimate of drug-likeness (QED) is 0.908. The number of hydrogen-bond donors (Lipinski definition) is 1. The standard InChI is InChI=1S/C14H23N3OS2/c1-10(13-15-6-7-20-13)9-17(2)14(18)16-11-4-5-12(8-11)19-3/h6-7,10-12H,4-5,8-9H2,1-3H3,(H,16,18)/t10-,11+,12+/m0/s1. The van der Waals surface area contributed by atoms with E-state index >= 15 is 0 Å². The Morgan fingerprint density at radius 1 is 1.65 bits per heavy atom. The van der Waals surface area contributed by atoms with Crippen molar-refractivity contribution in [2.75, 3.05) is 19.8 Å². The van der Waals surface area contributed by atoms with Crippen LogP contribution in [0.25, 0.3) is 0 Å². The third-order valence-corrected chi connectivity index (χ3v) is 5.91. The van der Waals surface area contributed by atoms with E-state index in [0.29, 0.717) is 17.8 Å². The summed E-state index contributed by atoms with van der Waals surface area (Å²) in [7, 11) is 1.86. The maximum Gasteiger partial charge on any atom is 0.317 e. The molecule has 2 amide bonds. The number of thiazole rings is 1. The molecule has 1 aliphatic rings. The largest absolute Gasteiger partial charge is 0.335 e. The Kier molecular flexibility index (Phi) is 5.72. The van der Waals surface area contributed by atoms with E-state index in [0.717, 1.165) is 17.8 Å². The van der Waals surface area contributed by atoms with Crippen LogP contribution in [0.4, 0.5) is 4.79 Å². The summed E-state index contributed by atoms with van der Waals surface area (Å²) in [5, 5.41) is 6.93. The number of nitrogens with one attached hydrogen (secondary N) is 1. The van der Waals surface area contributed by atoms with Crippen LogP contribution in [0.1, 0.15) is 37.1 Å². The van der Waals surface area contributed by atoms with Crippen molar-refractivity contribution in [1.29, 1.82) is 0 Å². The fourth-order valence-corrected chi connectivity index (χ4v) is 4.11. The zero-order valence-electron chi connectivity index (χ0n) is 12.3. The molecule has 20 heavy (non-hydrogen) atoms. The molecule has 1 aromatic rings. The zero-order valence-corrected chi connectivity index (χ0v) is 14.0. The first-order valence-electron chi connectivity index (χ1n) is 7.04. The van der Waals surface area contributed by atoms with Crippen LogP contribution in [0.15, 0.2) is 11.6 Å². The fourth-order valence-electron chi connectivity index (χ4n) is 2.62. The number of thioether (sulfide) groups is 1. The number of rotatable bonds is 5. The summed E-state index contributed by atoms with van der Waals surface area (Å²) in [6.45, 7) is 2.82. The van der Waals surface area contributed by atoms with Gasteiger partial charge in [0.25, 0.3) is 0 Å². The number of urea groups is 1. The van der Waals surface area contributed by atoms with Crippen LogP contribution < -0.4 is 5.32 Å². The van der Waals surface area contributed by atoms with Gasteiger partial charge < -0.3 is 10.2 Å². The summed E-state index contributed by atoms with van der Waals surface area (Å²) >= 11 is 3.56. The van der Waals surface area contributed by atoms with Crippen LogP contribution >= 0.6 is 23.1 Å².